The maximum atomic E-state index is 12.0. The lowest BCUT2D eigenvalue weighted by molar-refractivity contribution is -0.134. The van der Waals surface area contributed by atoms with Crippen molar-refractivity contribution in [1.82, 2.24) is 0 Å². The first-order chi connectivity index (χ1) is 15.7. The first kappa shape index (κ1) is 24.6. The molecule has 0 bridgehead atoms. The zero-order chi connectivity index (χ0) is 22.6. The van der Waals surface area contributed by atoms with Crippen LogP contribution in [0, 0.1) is 5.92 Å². The van der Waals surface area contributed by atoms with Crippen molar-refractivity contribution in [3.05, 3.63) is 54.1 Å². The molecule has 2 aromatic rings. The Morgan fingerprint density at radius 2 is 1.34 bits per heavy atom. The molecule has 0 amide bonds. The average Bonchev–Trinajstić information content (AvgIpc) is 2.83. The summed E-state index contributed by atoms with van der Waals surface area (Å²) in [6.07, 6.45) is 15.8. The van der Waals surface area contributed by atoms with Gasteiger partial charge in [0.25, 0.3) is 0 Å². The van der Waals surface area contributed by atoms with Crippen molar-refractivity contribution in [2.45, 2.75) is 103 Å². The number of hydrogen-bond donors (Lipinski definition) is 0. The number of ether oxygens (including phenoxy) is 1. The lowest BCUT2D eigenvalue weighted by Gasteiger charge is -2.29. The topological polar surface area (TPSA) is 26.3 Å². The van der Waals surface area contributed by atoms with Gasteiger partial charge in [0.2, 0.25) is 0 Å². The first-order valence-electron chi connectivity index (χ1n) is 13.1. The Hall–Kier alpha value is -2.09. The molecule has 2 heteroatoms. The standard InChI is InChI=1S/C30H42O2/c1-3-5-7-8-9-11-30(31)32-29-22-20-28(21-23-29)27-18-16-26(17-19-27)25-14-12-24(13-15-25)10-6-4-2/h16-25H,3-15H2,1-2H3. The van der Waals surface area contributed by atoms with E-state index in [1.165, 1.54) is 80.9 Å². The van der Waals surface area contributed by atoms with Crippen LogP contribution in [0.25, 0.3) is 11.1 Å². The van der Waals surface area contributed by atoms with Gasteiger partial charge in [-0.3, -0.25) is 4.79 Å². The van der Waals surface area contributed by atoms with Crippen molar-refractivity contribution < 1.29 is 9.53 Å². The molecule has 0 heterocycles. The van der Waals surface area contributed by atoms with E-state index >= 15 is 0 Å². The van der Waals surface area contributed by atoms with Crippen LogP contribution in [0.1, 0.15) is 109 Å². The third kappa shape index (κ3) is 7.80. The van der Waals surface area contributed by atoms with Gasteiger partial charge in [0.1, 0.15) is 5.75 Å². The van der Waals surface area contributed by atoms with Crippen molar-refractivity contribution in [1.29, 1.82) is 0 Å². The molecule has 0 saturated heterocycles. The van der Waals surface area contributed by atoms with E-state index in [4.69, 9.17) is 4.74 Å². The van der Waals surface area contributed by atoms with Crippen LogP contribution >= 0.6 is 0 Å². The zero-order valence-electron chi connectivity index (χ0n) is 20.3. The van der Waals surface area contributed by atoms with E-state index in [0.717, 1.165) is 24.7 Å². The highest BCUT2D eigenvalue weighted by molar-refractivity contribution is 5.73. The van der Waals surface area contributed by atoms with Crippen LogP contribution in [-0.2, 0) is 4.79 Å². The molecule has 1 saturated carbocycles. The molecule has 0 aliphatic heterocycles. The Morgan fingerprint density at radius 1 is 0.750 bits per heavy atom. The summed E-state index contributed by atoms with van der Waals surface area (Å²) >= 11 is 0. The second-order valence-corrected chi connectivity index (χ2v) is 9.64. The van der Waals surface area contributed by atoms with E-state index in [1.54, 1.807) is 0 Å². The summed E-state index contributed by atoms with van der Waals surface area (Å²) in [4.78, 5) is 12.0. The van der Waals surface area contributed by atoms with Crippen LogP contribution in [-0.4, -0.2) is 5.97 Å². The fraction of sp³-hybridized carbons (Fsp3) is 0.567. The van der Waals surface area contributed by atoms with Crippen LogP contribution < -0.4 is 4.74 Å². The van der Waals surface area contributed by atoms with Crippen LogP contribution in [0.4, 0.5) is 0 Å². The summed E-state index contributed by atoms with van der Waals surface area (Å²) in [7, 11) is 0. The Bertz CT molecular complexity index is 783. The van der Waals surface area contributed by atoms with Gasteiger partial charge in [0.05, 0.1) is 0 Å². The van der Waals surface area contributed by atoms with Crippen LogP contribution in [0.2, 0.25) is 0 Å². The second kappa shape index (κ2) is 13.5. The highest BCUT2D eigenvalue weighted by atomic mass is 16.5. The molecular formula is C30H42O2. The van der Waals surface area contributed by atoms with E-state index < -0.39 is 0 Å². The largest absolute Gasteiger partial charge is 0.427 e. The van der Waals surface area contributed by atoms with Gasteiger partial charge in [0.15, 0.2) is 0 Å². The van der Waals surface area contributed by atoms with Gasteiger partial charge < -0.3 is 4.74 Å². The lowest BCUT2D eigenvalue weighted by atomic mass is 9.77. The van der Waals surface area contributed by atoms with Gasteiger partial charge >= 0.3 is 5.97 Å². The van der Waals surface area contributed by atoms with E-state index in [-0.39, 0.29) is 5.97 Å². The van der Waals surface area contributed by atoms with Crippen molar-refractivity contribution in [2.24, 2.45) is 5.92 Å². The van der Waals surface area contributed by atoms with Gasteiger partial charge in [0, 0.05) is 6.42 Å². The molecule has 32 heavy (non-hydrogen) atoms. The number of rotatable bonds is 12. The summed E-state index contributed by atoms with van der Waals surface area (Å²) in [5.74, 6) is 2.21. The number of benzene rings is 2. The van der Waals surface area contributed by atoms with Crippen LogP contribution in [0.5, 0.6) is 5.75 Å². The molecule has 0 spiro atoms. The minimum Gasteiger partial charge on any atom is -0.427 e. The maximum Gasteiger partial charge on any atom is 0.311 e. The van der Waals surface area contributed by atoms with Gasteiger partial charge in [-0.2, -0.15) is 0 Å². The Morgan fingerprint density at radius 3 is 1.97 bits per heavy atom. The van der Waals surface area contributed by atoms with E-state index in [1.807, 2.05) is 12.1 Å². The Kier molecular flexibility index (Phi) is 10.3. The second-order valence-electron chi connectivity index (χ2n) is 9.64. The van der Waals surface area contributed by atoms with Gasteiger partial charge in [-0.05, 0) is 72.8 Å². The van der Waals surface area contributed by atoms with Crippen molar-refractivity contribution in [2.75, 3.05) is 0 Å². The highest BCUT2D eigenvalue weighted by Crippen LogP contribution is 2.38. The molecule has 3 rings (SSSR count). The molecule has 0 radical (unpaired) electrons. The number of carbonyl (C=O) groups excluding carboxylic acids is 1. The molecule has 174 valence electrons. The monoisotopic (exact) mass is 434 g/mol. The van der Waals surface area contributed by atoms with Crippen LogP contribution in [0.15, 0.2) is 48.5 Å². The SMILES string of the molecule is CCCCCCCC(=O)Oc1ccc(-c2ccc(C3CCC(CCCC)CC3)cc2)cc1. The Balaban J connectivity index is 1.46. The van der Waals surface area contributed by atoms with Gasteiger partial charge in [-0.15, -0.1) is 0 Å². The van der Waals surface area contributed by atoms with Crippen molar-refractivity contribution >= 4 is 5.97 Å². The normalized spacial score (nSPS) is 18.4. The third-order valence-electron chi connectivity index (χ3n) is 7.10. The summed E-state index contributed by atoms with van der Waals surface area (Å²) < 4.78 is 5.50. The van der Waals surface area contributed by atoms with Gasteiger partial charge in [-0.1, -0.05) is 95.2 Å². The van der Waals surface area contributed by atoms with E-state index in [0.29, 0.717) is 12.2 Å². The molecule has 1 aliphatic rings. The minimum atomic E-state index is -0.122. The van der Waals surface area contributed by atoms with Crippen molar-refractivity contribution in [3.63, 3.8) is 0 Å². The van der Waals surface area contributed by atoms with Crippen molar-refractivity contribution in [3.8, 4) is 16.9 Å². The number of carbonyl (C=O) groups is 1. The first-order valence-corrected chi connectivity index (χ1v) is 13.1. The minimum absolute atomic E-state index is 0.122. The number of esters is 1. The number of hydrogen-bond acceptors (Lipinski definition) is 2. The zero-order valence-corrected chi connectivity index (χ0v) is 20.3. The molecule has 0 atom stereocenters. The average molecular weight is 435 g/mol. The molecule has 2 nitrogen and oxygen atoms in total. The van der Waals surface area contributed by atoms with E-state index in [9.17, 15) is 4.79 Å². The fourth-order valence-electron chi connectivity index (χ4n) is 5.00. The highest BCUT2D eigenvalue weighted by Gasteiger charge is 2.21. The molecule has 2 aromatic carbocycles. The smallest absolute Gasteiger partial charge is 0.311 e. The quantitative estimate of drug-likeness (QED) is 0.189. The summed E-state index contributed by atoms with van der Waals surface area (Å²) in [6.45, 7) is 4.50. The predicted molar refractivity (Wildman–Crippen MR) is 135 cm³/mol. The summed E-state index contributed by atoms with van der Waals surface area (Å²) in [5, 5.41) is 0. The molecule has 0 N–H and O–H groups in total. The molecule has 0 unspecified atom stereocenters. The van der Waals surface area contributed by atoms with E-state index in [2.05, 4.69) is 50.2 Å². The van der Waals surface area contributed by atoms with Crippen LogP contribution in [0.3, 0.4) is 0 Å². The Labute approximate surface area is 195 Å². The molecule has 1 aliphatic carbocycles. The maximum absolute atomic E-state index is 12.0. The lowest BCUT2D eigenvalue weighted by Crippen LogP contribution is -2.13. The number of unbranched alkanes of at least 4 members (excludes halogenated alkanes) is 5. The summed E-state index contributed by atoms with van der Waals surface area (Å²) in [5.41, 5.74) is 3.88. The predicted octanol–water partition coefficient (Wildman–Crippen LogP) is 9.08. The molecular weight excluding hydrogens is 392 g/mol. The molecule has 1 fully saturated rings. The summed E-state index contributed by atoms with van der Waals surface area (Å²) in [6, 6.07) is 17.1. The third-order valence-corrected chi connectivity index (χ3v) is 7.10. The fourth-order valence-corrected chi connectivity index (χ4v) is 5.00. The van der Waals surface area contributed by atoms with Gasteiger partial charge in [-0.25, -0.2) is 0 Å². The molecule has 0 aromatic heterocycles.